The van der Waals surface area contributed by atoms with Crippen molar-refractivity contribution in [2.45, 2.75) is 63.5 Å². The predicted molar refractivity (Wildman–Crippen MR) is 169 cm³/mol. The number of methoxy groups -OCH3 is 1. The van der Waals surface area contributed by atoms with Crippen molar-refractivity contribution >= 4 is 35.8 Å². The molecular formula is C34H42N2O4Si. The standard InChI is InChI=1S/C34H42N2O4Si/c1-23-31(40-32(19-20-37)34(23)41(3,4)28-16-14-27(39-2)15-17-28)18-11-24-9-12-26(13-10-24)36-33(38)21-25-22-35-30-8-6-5-7-29(25)30/h5-10,12-17,22-23,31-32,34-35,37H,11,18-21H2,1-4H3,(H,36,38)/t23-,31+,32-,34+/m0/s1. The Kier molecular flexibility index (Phi) is 8.97. The summed E-state index contributed by atoms with van der Waals surface area (Å²) in [7, 11) is -0.195. The minimum absolute atomic E-state index is 0.0275. The van der Waals surface area contributed by atoms with Crippen LogP contribution in [-0.4, -0.2) is 50.0 Å². The normalized spacial score (nSPS) is 20.8. The van der Waals surface area contributed by atoms with E-state index in [1.807, 2.05) is 42.6 Å². The van der Waals surface area contributed by atoms with Crippen LogP contribution in [0.3, 0.4) is 0 Å². The van der Waals surface area contributed by atoms with Crippen molar-refractivity contribution in [2.75, 3.05) is 19.0 Å². The smallest absolute Gasteiger partial charge is 0.228 e. The summed E-state index contributed by atoms with van der Waals surface area (Å²) in [5, 5.41) is 15.3. The van der Waals surface area contributed by atoms with Gasteiger partial charge in [0.15, 0.2) is 0 Å². The summed E-state index contributed by atoms with van der Waals surface area (Å²) in [6, 6.07) is 24.7. The Morgan fingerprint density at radius 1 is 1.00 bits per heavy atom. The SMILES string of the molecule is COc1ccc([Si](C)(C)[C@@H]2[C@@H](C)[C@@H](CCc3ccc(NC(=O)Cc4c[nH]c5ccccc45)cc3)O[C@H]2CCO)cc1. The Hall–Kier alpha value is -3.39. The fourth-order valence-corrected chi connectivity index (χ4v) is 10.9. The van der Waals surface area contributed by atoms with Gasteiger partial charge in [0.25, 0.3) is 0 Å². The number of carbonyl (C=O) groups excluding carboxylic acids is 1. The molecule has 0 saturated carbocycles. The number of fused-ring (bicyclic) bond motifs is 1. The zero-order chi connectivity index (χ0) is 29.0. The summed E-state index contributed by atoms with van der Waals surface area (Å²) in [4.78, 5) is 15.9. The average Bonchev–Trinajstić information content (AvgIpc) is 3.53. The van der Waals surface area contributed by atoms with Crippen molar-refractivity contribution < 1.29 is 19.4 Å². The van der Waals surface area contributed by atoms with Gasteiger partial charge in [-0.1, -0.05) is 67.7 Å². The van der Waals surface area contributed by atoms with Crippen LogP contribution in [0.25, 0.3) is 10.9 Å². The lowest BCUT2D eigenvalue weighted by molar-refractivity contribution is -0.115. The van der Waals surface area contributed by atoms with Crippen molar-refractivity contribution in [1.29, 1.82) is 0 Å². The van der Waals surface area contributed by atoms with Crippen molar-refractivity contribution in [3.8, 4) is 5.75 Å². The number of hydrogen-bond acceptors (Lipinski definition) is 4. The van der Waals surface area contributed by atoms with E-state index in [4.69, 9.17) is 9.47 Å². The molecule has 4 aromatic rings. The second-order valence-corrected chi connectivity index (χ2v) is 16.6. The third kappa shape index (κ3) is 6.42. The first-order chi connectivity index (χ1) is 19.8. The minimum Gasteiger partial charge on any atom is -0.497 e. The van der Waals surface area contributed by atoms with E-state index in [1.54, 1.807) is 7.11 Å². The highest BCUT2D eigenvalue weighted by Gasteiger charge is 2.50. The summed E-state index contributed by atoms with van der Waals surface area (Å²) in [6.07, 6.45) is 4.96. The maximum atomic E-state index is 12.7. The van der Waals surface area contributed by atoms with Crippen LogP contribution in [0.4, 0.5) is 5.69 Å². The monoisotopic (exact) mass is 570 g/mol. The van der Waals surface area contributed by atoms with Gasteiger partial charge in [0.1, 0.15) is 5.75 Å². The highest BCUT2D eigenvalue weighted by atomic mass is 28.3. The number of amides is 1. The fraction of sp³-hybridized carbons (Fsp3) is 0.382. The van der Waals surface area contributed by atoms with Crippen molar-refractivity contribution in [2.24, 2.45) is 5.92 Å². The second kappa shape index (κ2) is 12.6. The van der Waals surface area contributed by atoms with Gasteiger partial charge < -0.3 is 24.9 Å². The number of ether oxygens (including phenoxy) is 2. The Morgan fingerprint density at radius 3 is 2.44 bits per heavy atom. The highest BCUT2D eigenvalue weighted by molar-refractivity contribution is 6.91. The number of aliphatic hydroxyl groups excluding tert-OH is 1. The Labute approximate surface area is 244 Å². The summed E-state index contributed by atoms with van der Waals surface area (Å²) >= 11 is 0. The van der Waals surface area contributed by atoms with Crippen LogP contribution >= 0.6 is 0 Å². The molecule has 0 spiro atoms. The molecule has 0 radical (unpaired) electrons. The fourth-order valence-electron chi connectivity index (χ4n) is 6.76. The molecule has 1 saturated heterocycles. The summed E-state index contributed by atoms with van der Waals surface area (Å²) in [5.74, 6) is 1.25. The van der Waals surface area contributed by atoms with E-state index in [1.165, 1.54) is 10.8 Å². The van der Waals surface area contributed by atoms with Crippen LogP contribution in [-0.2, 0) is 22.4 Å². The van der Waals surface area contributed by atoms with Crippen LogP contribution in [0.2, 0.25) is 18.6 Å². The van der Waals surface area contributed by atoms with Crippen LogP contribution in [0, 0.1) is 5.92 Å². The first-order valence-electron chi connectivity index (χ1n) is 14.6. The molecule has 1 aliphatic heterocycles. The van der Waals surface area contributed by atoms with E-state index in [0.29, 0.717) is 24.3 Å². The molecule has 1 fully saturated rings. The zero-order valence-corrected chi connectivity index (χ0v) is 25.5. The lowest BCUT2D eigenvalue weighted by Crippen LogP contribution is -2.50. The summed E-state index contributed by atoms with van der Waals surface area (Å²) < 4.78 is 12.0. The number of para-hydroxylation sites is 1. The van der Waals surface area contributed by atoms with E-state index in [2.05, 4.69) is 66.7 Å². The van der Waals surface area contributed by atoms with Crippen molar-refractivity contribution in [3.63, 3.8) is 0 Å². The second-order valence-electron chi connectivity index (χ2n) is 11.9. The molecule has 0 bridgehead atoms. The number of nitrogens with one attached hydrogen (secondary N) is 2. The number of carbonyl (C=O) groups is 1. The quantitative estimate of drug-likeness (QED) is 0.191. The highest BCUT2D eigenvalue weighted by Crippen LogP contribution is 2.46. The number of H-pyrrole nitrogens is 1. The topological polar surface area (TPSA) is 83.6 Å². The number of hydrogen-bond donors (Lipinski definition) is 3. The Morgan fingerprint density at radius 2 is 1.73 bits per heavy atom. The number of benzene rings is 3. The molecular weight excluding hydrogens is 528 g/mol. The molecule has 3 N–H and O–H groups in total. The number of anilines is 1. The Bertz CT molecular complexity index is 1450. The van der Waals surface area contributed by atoms with Crippen molar-refractivity contribution in [1.82, 2.24) is 4.98 Å². The third-order valence-electron chi connectivity index (χ3n) is 8.97. The molecule has 4 atom stereocenters. The maximum Gasteiger partial charge on any atom is 0.228 e. The first-order valence-corrected chi connectivity index (χ1v) is 17.7. The first kappa shape index (κ1) is 29.1. The van der Waals surface area contributed by atoms with Crippen LogP contribution in [0.1, 0.15) is 30.9 Å². The van der Waals surface area contributed by atoms with Crippen LogP contribution < -0.4 is 15.2 Å². The molecule has 3 aromatic carbocycles. The summed E-state index contributed by atoms with van der Waals surface area (Å²) in [6.45, 7) is 7.33. The van der Waals surface area contributed by atoms with Gasteiger partial charge in [-0.3, -0.25) is 4.79 Å². The van der Waals surface area contributed by atoms with Gasteiger partial charge in [-0.2, -0.15) is 0 Å². The average molecular weight is 571 g/mol. The van der Waals surface area contributed by atoms with E-state index < -0.39 is 8.07 Å². The molecule has 6 nitrogen and oxygen atoms in total. The number of aryl methyl sites for hydroxylation is 1. The van der Waals surface area contributed by atoms with Gasteiger partial charge >= 0.3 is 0 Å². The molecule has 41 heavy (non-hydrogen) atoms. The lowest BCUT2D eigenvalue weighted by atomic mass is 9.95. The number of aromatic amines is 1. The predicted octanol–water partition coefficient (Wildman–Crippen LogP) is 6.06. The van der Waals surface area contributed by atoms with Gasteiger partial charge in [-0.15, -0.1) is 0 Å². The van der Waals surface area contributed by atoms with E-state index >= 15 is 0 Å². The van der Waals surface area contributed by atoms with E-state index in [-0.39, 0.29) is 24.7 Å². The van der Waals surface area contributed by atoms with E-state index in [9.17, 15) is 9.90 Å². The Balaban J connectivity index is 1.19. The zero-order valence-electron chi connectivity index (χ0n) is 24.5. The molecule has 2 heterocycles. The summed E-state index contributed by atoms with van der Waals surface area (Å²) in [5.41, 5.74) is 4.49. The van der Waals surface area contributed by atoms with Gasteiger partial charge in [0, 0.05) is 29.4 Å². The lowest BCUT2D eigenvalue weighted by Gasteiger charge is -2.36. The molecule has 0 aliphatic carbocycles. The van der Waals surface area contributed by atoms with Crippen molar-refractivity contribution in [3.05, 3.63) is 90.1 Å². The molecule has 5 rings (SSSR count). The largest absolute Gasteiger partial charge is 0.497 e. The number of rotatable bonds is 11. The molecule has 216 valence electrons. The van der Waals surface area contributed by atoms with Gasteiger partial charge in [-0.25, -0.2) is 0 Å². The van der Waals surface area contributed by atoms with Crippen LogP contribution in [0.5, 0.6) is 5.75 Å². The van der Waals surface area contributed by atoms with Crippen LogP contribution in [0.15, 0.2) is 79.0 Å². The number of aromatic nitrogens is 1. The van der Waals surface area contributed by atoms with Gasteiger partial charge in [0.2, 0.25) is 5.91 Å². The number of aliphatic hydroxyl groups is 1. The maximum absolute atomic E-state index is 12.7. The minimum atomic E-state index is -1.89. The molecule has 1 aliphatic rings. The molecule has 1 amide bonds. The molecule has 7 heteroatoms. The van der Waals surface area contributed by atoms with Gasteiger partial charge in [-0.05, 0) is 72.2 Å². The third-order valence-corrected chi connectivity index (χ3v) is 13.4. The molecule has 1 aromatic heterocycles. The van der Waals surface area contributed by atoms with E-state index in [0.717, 1.165) is 40.7 Å². The van der Waals surface area contributed by atoms with Gasteiger partial charge in [0.05, 0.1) is 33.8 Å². The molecule has 0 unspecified atom stereocenters.